The molecule has 0 atom stereocenters. The van der Waals surface area contributed by atoms with Gasteiger partial charge in [-0.15, -0.1) is 11.3 Å². The van der Waals surface area contributed by atoms with E-state index in [0.717, 1.165) is 11.3 Å². The monoisotopic (exact) mass is 457 g/mol. The van der Waals surface area contributed by atoms with E-state index in [4.69, 9.17) is 17.3 Å². The van der Waals surface area contributed by atoms with Crippen LogP contribution >= 0.6 is 22.9 Å². The van der Waals surface area contributed by atoms with Crippen LogP contribution in [0, 0.1) is 0 Å². The number of rotatable bonds is 5. The predicted octanol–water partition coefficient (Wildman–Crippen LogP) is 5.91. The van der Waals surface area contributed by atoms with E-state index in [0.29, 0.717) is 27.1 Å². The first kappa shape index (κ1) is 20.9. The van der Waals surface area contributed by atoms with Gasteiger partial charge in [0.2, 0.25) is 0 Å². The van der Waals surface area contributed by atoms with Gasteiger partial charge in [-0.25, -0.2) is 13.8 Å². The molecular formula is C22H14ClF2N3O2S. The number of aromatic nitrogens is 1. The molecular weight excluding hydrogens is 444 g/mol. The number of nitrogens with one attached hydrogen (secondary N) is 1. The number of nitrogens with two attached hydrogens (primary N) is 1. The maximum absolute atomic E-state index is 13.5. The van der Waals surface area contributed by atoms with E-state index < -0.39 is 23.9 Å². The van der Waals surface area contributed by atoms with E-state index in [1.807, 2.05) is 0 Å². The van der Waals surface area contributed by atoms with Crippen LogP contribution in [0.25, 0.3) is 21.3 Å². The molecule has 156 valence electrons. The summed E-state index contributed by atoms with van der Waals surface area (Å²) in [5.74, 6) is -1.30. The van der Waals surface area contributed by atoms with Gasteiger partial charge in [-0.3, -0.25) is 9.59 Å². The van der Waals surface area contributed by atoms with Crippen molar-refractivity contribution in [3.63, 3.8) is 0 Å². The number of hydrogen-bond donors (Lipinski definition) is 2. The summed E-state index contributed by atoms with van der Waals surface area (Å²) in [7, 11) is 0. The third kappa shape index (κ3) is 4.12. The quantitative estimate of drug-likeness (QED) is 0.391. The summed E-state index contributed by atoms with van der Waals surface area (Å²) in [6.45, 7) is 0. The largest absolute Gasteiger partial charge is 0.365 e. The fourth-order valence-electron chi connectivity index (χ4n) is 3.15. The Morgan fingerprint density at radius 3 is 2.35 bits per heavy atom. The lowest BCUT2D eigenvalue weighted by Gasteiger charge is -2.11. The predicted molar refractivity (Wildman–Crippen MR) is 118 cm³/mol. The molecule has 2 heterocycles. The number of alkyl halides is 2. The van der Waals surface area contributed by atoms with E-state index in [-0.39, 0.29) is 15.4 Å². The number of pyridine rings is 1. The lowest BCUT2D eigenvalue weighted by atomic mass is 10.0. The minimum atomic E-state index is -2.81. The number of benzene rings is 2. The lowest BCUT2D eigenvalue weighted by molar-refractivity contribution is 0.100. The summed E-state index contributed by atoms with van der Waals surface area (Å²) < 4.78 is 27.0. The first-order valence-corrected chi connectivity index (χ1v) is 10.2. The van der Waals surface area contributed by atoms with Crippen molar-refractivity contribution in [3.05, 3.63) is 81.8 Å². The van der Waals surface area contributed by atoms with Gasteiger partial charge in [-0.2, -0.15) is 0 Å². The Balaban J connectivity index is 1.94. The molecule has 0 bridgehead atoms. The number of fused-ring (bicyclic) bond motifs is 1. The van der Waals surface area contributed by atoms with Crippen LogP contribution in [0.15, 0.2) is 60.7 Å². The number of carbonyl (C=O) groups excluding carboxylic acids is 2. The number of hydrogen-bond acceptors (Lipinski definition) is 4. The van der Waals surface area contributed by atoms with E-state index in [1.165, 1.54) is 18.2 Å². The van der Waals surface area contributed by atoms with Crippen molar-refractivity contribution in [3.8, 4) is 11.1 Å². The van der Waals surface area contributed by atoms with E-state index in [9.17, 15) is 18.4 Å². The van der Waals surface area contributed by atoms with Crippen molar-refractivity contribution >= 4 is 50.7 Å². The SMILES string of the molecule is NC(=O)c1sc2nc(C(F)F)cc(-c3ccccc3)c2c1NC(=O)c1ccc(Cl)cc1. The molecule has 5 nitrogen and oxygen atoms in total. The average molecular weight is 458 g/mol. The topological polar surface area (TPSA) is 85.1 Å². The number of anilines is 1. The first-order chi connectivity index (χ1) is 14.8. The molecule has 2 aromatic carbocycles. The molecule has 3 N–H and O–H groups in total. The second-order valence-corrected chi connectivity index (χ2v) is 8.01. The second-order valence-electron chi connectivity index (χ2n) is 6.57. The minimum Gasteiger partial charge on any atom is -0.365 e. The molecule has 0 radical (unpaired) electrons. The van der Waals surface area contributed by atoms with Crippen LogP contribution in [0.3, 0.4) is 0 Å². The Morgan fingerprint density at radius 1 is 1.06 bits per heavy atom. The van der Waals surface area contributed by atoms with Crippen LogP contribution in [0.4, 0.5) is 14.5 Å². The van der Waals surface area contributed by atoms with Crippen molar-refractivity contribution in [1.82, 2.24) is 4.98 Å². The van der Waals surface area contributed by atoms with Gasteiger partial charge in [-0.1, -0.05) is 41.9 Å². The van der Waals surface area contributed by atoms with Gasteiger partial charge in [0.1, 0.15) is 15.4 Å². The number of thiophene rings is 1. The molecule has 4 rings (SSSR count). The summed E-state index contributed by atoms with van der Waals surface area (Å²) in [6.07, 6.45) is -2.81. The van der Waals surface area contributed by atoms with Gasteiger partial charge in [-0.05, 0) is 41.5 Å². The maximum atomic E-state index is 13.5. The highest BCUT2D eigenvalue weighted by Crippen LogP contribution is 2.42. The molecule has 0 aliphatic carbocycles. The zero-order valence-electron chi connectivity index (χ0n) is 15.7. The molecule has 0 saturated carbocycles. The number of nitrogens with zero attached hydrogens (tertiary/aromatic N) is 1. The minimum absolute atomic E-state index is 0.0217. The molecule has 0 fully saturated rings. The second kappa shape index (κ2) is 8.41. The number of primary amides is 1. The van der Waals surface area contributed by atoms with Gasteiger partial charge in [0.25, 0.3) is 18.2 Å². The van der Waals surface area contributed by atoms with Crippen LogP contribution in [-0.2, 0) is 0 Å². The van der Waals surface area contributed by atoms with E-state index in [1.54, 1.807) is 42.5 Å². The van der Waals surface area contributed by atoms with Crippen LogP contribution in [-0.4, -0.2) is 16.8 Å². The van der Waals surface area contributed by atoms with Crippen molar-refractivity contribution in [2.45, 2.75) is 6.43 Å². The fraction of sp³-hybridized carbons (Fsp3) is 0.0455. The Bertz CT molecular complexity index is 1290. The van der Waals surface area contributed by atoms with E-state index >= 15 is 0 Å². The van der Waals surface area contributed by atoms with Crippen LogP contribution in [0.2, 0.25) is 5.02 Å². The zero-order valence-corrected chi connectivity index (χ0v) is 17.3. The Labute approximate surface area is 184 Å². The molecule has 4 aromatic rings. The smallest absolute Gasteiger partial charge is 0.280 e. The zero-order chi connectivity index (χ0) is 22.1. The van der Waals surface area contributed by atoms with Crippen molar-refractivity contribution in [1.29, 1.82) is 0 Å². The highest BCUT2D eigenvalue weighted by atomic mass is 35.5. The third-order valence-electron chi connectivity index (χ3n) is 4.56. The lowest BCUT2D eigenvalue weighted by Crippen LogP contribution is -2.16. The maximum Gasteiger partial charge on any atom is 0.280 e. The molecule has 2 amide bonds. The number of amides is 2. The van der Waals surface area contributed by atoms with Crippen LogP contribution in [0.5, 0.6) is 0 Å². The van der Waals surface area contributed by atoms with Crippen molar-refractivity contribution < 1.29 is 18.4 Å². The summed E-state index contributed by atoms with van der Waals surface area (Å²) in [5, 5.41) is 3.54. The van der Waals surface area contributed by atoms with Crippen molar-refractivity contribution in [2.24, 2.45) is 5.73 Å². The van der Waals surface area contributed by atoms with E-state index in [2.05, 4.69) is 10.3 Å². The summed E-state index contributed by atoms with van der Waals surface area (Å²) >= 11 is 6.73. The molecule has 0 unspecified atom stereocenters. The molecule has 31 heavy (non-hydrogen) atoms. The highest BCUT2D eigenvalue weighted by Gasteiger charge is 2.25. The molecule has 0 aliphatic heterocycles. The van der Waals surface area contributed by atoms with Gasteiger partial charge in [0, 0.05) is 16.0 Å². The summed E-state index contributed by atoms with van der Waals surface area (Å²) in [5.41, 5.74) is 6.58. The summed E-state index contributed by atoms with van der Waals surface area (Å²) in [4.78, 5) is 29.1. The number of carbonyl (C=O) groups is 2. The highest BCUT2D eigenvalue weighted by molar-refractivity contribution is 7.21. The third-order valence-corrected chi connectivity index (χ3v) is 5.91. The Hall–Kier alpha value is -3.36. The Morgan fingerprint density at radius 2 is 1.74 bits per heavy atom. The normalized spacial score (nSPS) is 11.1. The standard InChI is InChI=1S/C22H14ClF2N3O2S/c23-13-8-6-12(7-9-13)21(30)28-17-16-14(11-4-2-1-3-5-11)10-15(19(24)25)27-22(16)31-18(17)20(26)29/h1-10,19H,(H2,26,29)(H,28,30). The number of halogens is 3. The first-order valence-electron chi connectivity index (χ1n) is 9.03. The van der Waals surface area contributed by atoms with Crippen LogP contribution in [0.1, 0.15) is 32.1 Å². The van der Waals surface area contributed by atoms with Gasteiger partial charge < -0.3 is 11.1 Å². The van der Waals surface area contributed by atoms with Gasteiger partial charge in [0.05, 0.1) is 5.69 Å². The molecule has 0 aliphatic rings. The molecule has 0 saturated heterocycles. The Kier molecular flexibility index (Phi) is 5.67. The fourth-order valence-corrected chi connectivity index (χ4v) is 4.29. The average Bonchev–Trinajstić information content (AvgIpc) is 3.12. The molecule has 0 spiro atoms. The van der Waals surface area contributed by atoms with Crippen LogP contribution < -0.4 is 11.1 Å². The van der Waals surface area contributed by atoms with Gasteiger partial charge in [0.15, 0.2) is 0 Å². The molecule has 2 aromatic heterocycles. The van der Waals surface area contributed by atoms with Crippen molar-refractivity contribution in [2.75, 3.05) is 5.32 Å². The molecule has 9 heteroatoms. The summed E-state index contributed by atoms with van der Waals surface area (Å²) in [6, 6.07) is 16.2. The van der Waals surface area contributed by atoms with Gasteiger partial charge >= 0.3 is 0 Å².